The number of likely N-dealkylation sites (tertiary alicyclic amines) is 1. The van der Waals surface area contributed by atoms with Crippen molar-refractivity contribution in [1.82, 2.24) is 9.88 Å². The van der Waals surface area contributed by atoms with Gasteiger partial charge in [0.25, 0.3) is 0 Å². The molecule has 0 aromatic carbocycles. The third kappa shape index (κ3) is 3.96. The van der Waals surface area contributed by atoms with Crippen LogP contribution in [0.5, 0.6) is 0 Å². The molecular weight excluding hydrogens is 280 g/mol. The number of nitrogens with one attached hydrogen (secondary N) is 1. The molecule has 2 fully saturated rings. The Hall–Kier alpha value is -1.66. The average molecular weight is 304 g/mol. The van der Waals surface area contributed by atoms with Crippen molar-refractivity contribution in [2.45, 2.75) is 31.8 Å². The van der Waals surface area contributed by atoms with E-state index in [4.69, 9.17) is 0 Å². The molecule has 2 saturated heterocycles. The van der Waals surface area contributed by atoms with Crippen LogP contribution in [0.15, 0.2) is 18.3 Å². The highest BCUT2D eigenvalue weighted by Gasteiger charge is 2.22. The van der Waals surface area contributed by atoms with E-state index in [1.54, 1.807) is 6.20 Å². The van der Waals surface area contributed by atoms with Crippen LogP contribution in [0.4, 0.5) is 11.5 Å². The summed E-state index contributed by atoms with van der Waals surface area (Å²) >= 11 is 0. The Labute approximate surface area is 131 Å². The summed E-state index contributed by atoms with van der Waals surface area (Å²) in [6, 6.07) is 3.88. The van der Waals surface area contributed by atoms with Gasteiger partial charge in [0, 0.05) is 26.2 Å². The van der Waals surface area contributed by atoms with Crippen LogP contribution < -0.4 is 10.2 Å². The highest BCUT2D eigenvalue weighted by molar-refractivity contribution is 5.92. The molecule has 0 bridgehead atoms. The number of hydrogen-bond donors (Lipinski definition) is 2. The number of amides is 1. The monoisotopic (exact) mass is 304 g/mol. The molecule has 6 heteroatoms. The van der Waals surface area contributed by atoms with E-state index in [0.29, 0.717) is 13.1 Å². The molecule has 0 saturated carbocycles. The third-order valence-electron chi connectivity index (χ3n) is 4.33. The number of pyridine rings is 1. The van der Waals surface area contributed by atoms with Crippen molar-refractivity contribution in [2.75, 3.05) is 42.9 Å². The van der Waals surface area contributed by atoms with E-state index in [9.17, 15) is 9.90 Å². The molecule has 2 N–H and O–H groups in total. The second-order valence-corrected chi connectivity index (χ2v) is 6.18. The van der Waals surface area contributed by atoms with E-state index >= 15 is 0 Å². The number of aromatic nitrogens is 1. The van der Waals surface area contributed by atoms with Crippen LogP contribution in [0.1, 0.15) is 25.7 Å². The summed E-state index contributed by atoms with van der Waals surface area (Å²) in [5, 5.41) is 12.3. The van der Waals surface area contributed by atoms with Crippen LogP contribution in [-0.4, -0.2) is 59.7 Å². The minimum absolute atomic E-state index is 0.0541. The molecule has 2 aliphatic rings. The van der Waals surface area contributed by atoms with Gasteiger partial charge in [-0.2, -0.15) is 0 Å². The van der Waals surface area contributed by atoms with Crippen LogP contribution >= 0.6 is 0 Å². The molecule has 1 unspecified atom stereocenters. The lowest BCUT2D eigenvalue weighted by Crippen LogP contribution is -2.32. The molecule has 6 nitrogen and oxygen atoms in total. The Morgan fingerprint density at radius 1 is 1.27 bits per heavy atom. The maximum Gasteiger partial charge on any atom is 0.238 e. The minimum Gasteiger partial charge on any atom is -0.392 e. The van der Waals surface area contributed by atoms with Crippen LogP contribution in [0.3, 0.4) is 0 Å². The largest absolute Gasteiger partial charge is 0.392 e. The normalized spacial score (nSPS) is 22.8. The first-order valence-corrected chi connectivity index (χ1v) is 8.12. The van der Waals surface area contributed by atoms with Gasteiger partial charge in [0.1, 0.15) is 5.82 Å². The minimum atomic E-state index is -0.293. The molecule has 120 valence electrons. The van der Waals surface area contributed by atoms with E-state index in [2.05, 4.69) is 15.2 Å². The summed E-state index contributed by atoms with van der Waals surface area (Å²) in [5.74, 6) is 0.932. The van der Waals surface area contributed by atoms with Crippen molar-refractivity contribution >= 4 is 17.4 Å². The van der Waals surface area contributed by atoms with Gasteiger partial charge in [0.2, 0.25) is 5.91 Å². The predicted octanol–water partition coefficient (Wildman–Crippen LogP) is 1.08. The van der Waals surface area contributed by atoms with Crippen LogP contribution in [0.2, 0.25) is 0 Å². The topological polar surface area (TPSA) is 68.7 Å². The number of anilines is 2. The van der Waals surface area contributed by atoms with Crippen molar-refractivity contribution in [3.63, 3.8) is 0 Å². The predicted molar refractivity (Wildman–Crippen MR) is 86.0 cm³/mol. The van der Waals surface area contributed by atoms with Crippen LogP contribution in [0.25, 0.3) is 0 Å². The fraction of sp³-hybridized carbons (Fsp3) is 0.625. The Kier molecular flexibility index (Phi) is 4.90. The molecule has 3 heterocycles. The van der Waals surface area contributed by atoms with Crippen molar-refractivity contribution in [1.29, 1.82) is 0 Å². The fourth-order valence-electron chi connectivity index (χ4n) is 3.13. The van der Waals surface area contributed by atoms with E-state index in [-0.39, 0.29) is 12.0 Å². The van der Waals surface area contributed by atoms with E-state index in [1.165, 1.54) is 19.3 Å². The van der Waals surface area contributed by atoms with Gasteiger partial charge in [-0.1, -0.05) is 0 Å². The van der Waals surface area contributed by atoms with Crippen molar-refractivity contribution in [3.8, 4) is 0 Å². The first-order chi connectivity index (χ1) is 10.7. The van der Waals surface area contributed by atoms with E-state index < -0.39 is 0 Å². The lowest BCUT2D eigenvalue weighted by molar-refractivity contribution is -0.117. The number of piperidine rings is 1. The van der Waals surface area contributed by atoms with Crippen LogP contribution in [0, 0.1) is 0 Å². The highest BCUT2D eigenvalue weighted by atomic mass is 16.3. The molecule has 22 heavy (non-hydrogen) atoms. The van der Waals surface area contributed by atoms with Gasteiger partial charge < -0.3 is 15.3 Å². The number of aliphatic hydroxyl groups excluding tert-OH is 1. The van der Waals surface area contributed by atoms with Gasteiger partial charge >= 0.3 is 0 Å². The highest BCUT2D eigenvalue weighted by Crippen LogP contribution is 2.19. The van der Waals surface area contributed by atoms with Gasteiger partial charge in [-0.25, -0.2) is 4.98 Å². The molecule has 1 aromatic heterocycles. The lowest BCUT2D eigenvalue weighted by Gasteiger charge is -2.27. The molecule has 0 radical (unpaired) electrons. The number of β-amino-alcohol motifs (C(OH)–C–C–N with tert-alkyl or cyclic N) is 1. The molecule has 1 amide bonds. The third-order valence-corrected chi connectivity index (χ3v) is 4.33. The van der Waals surface area contributed by atoms with Gasteiger partial charge in [-0.05, 0) is 37.8 Å². The zero-order valence-corrected chi connectivity index (χ0v) is 12.9. The summed E-state index contributed by atoms with van der Waals surface area (Å²) < 4.78 is 0. The second kappa shape index (κ2) is 7.07. The smallest absolute Gasteiger partial charge is 0.238 e. The Balaban J connectivity index is 1.51. The number of carbonyl (C=O) groups is 1. The average Bonchev–Trinajstić information content (AvgIpc) is 2.94. The van der Waals surface area contributed by atoms with Crippen LogP contribution in [-0.2, 0) is 4.79 Å². The molecule has 1 atom stereocenters. The molecule has 2 aliphatic heterocycles. The first kappa shape index (κ1) is 15.2. The zero-order chi connectivity index (χ0) is 15.4. The number of aliphatic hydroxyl groups is 1. The summed E-state index contributed by atoms with van der Waals surface area (Å²) in [6.07, 6.45) is 5.93. The summed E-state index contributed by atoms with van der Waals surface area (Å²) in [6.45, 7) is 3.82. The van der Waals surface area contributed by atoms with Gasteiger partial charge in [-0.15, -0.1) is 0 Å². The molecular formula is C16H24N4O2. The molecule has 0 spiro atoms. The maximum absolute atomic E-state index is 12.0. The van der Waals surface area contributed by atoms with Gasteiger partial charge in [0.15, 0.2) is 0 Å². The van der Waals surface area contributed by atoms with E-state index in [1.807, 2.05) is 17.0 Å². The Morgan fingerprint density at radius 2 is 2.09 bits per heavy atom. The summed E-state index contributed by atoms with van der Waals surface area (Å²) in [7, 11) is 0. The van der Waals surface area contributed by atoms with E-state index in [0.717, 1.165) is 37.6 Å². The number of rotatable bonds is 4. The van der Waals surface area contributed by atoms with Crippen molar-refractivity contribution in [3.05, 3.63) is 18.3 Å². The van der Waals surface area contributed by atoms with Gasteiger partial charge in [-0.3, -0.25) is 9.69 Å². The quantitative estimate of drug-likeness (QED) is 0.871. The maximum atomic E-state index is 12.0. The molecule has 0 aliphatic carbocycles. The lowest BCUT2D eigenvalue weighted by atomic mass is 10.1. The Bertz CT molecular complexity index is 499. The number of hydrogen-bond acceptors (Lipinski definition) is 5. The number of carbonyl (C=O) groups excluding carboxylic acids is 1. The summed E-state index contributed by atoms with van der Waals surface area (Å²) in [4.78, 5) is 20.7. The summed E-state index contributed by atoms with van der Waals surface area (Å²) in [5.41, 5.74) is 0.727. The molecule has 1 aromatic rings. The molecule has 3 rings (SSSR count). The Morgan fingerprint density at radius 3 is 2.73 bits per heavy atom. The van der Waals surface area contributed by atoms with Crippen molar-refractivity contribution < 1.29 is 9.90 Å². The van der Waals surface area contributed by atoms with Crippen molar-refractivity contribution in [2.24, 2.45) is 0 Å². The van der Waals surface area contributed by atoms with Gasteiger partial charge in [0.05, 0.1) is 24.5 Å². The first-order valence-electron chi connectivity index (χ1n) is 8.12. The standard InChI is InChI=1S/C16H24N4O2/c21-14-6-9-19(11-14)12-16(22)18-13-4-5-15(17-10-13)20-7-2-1-3-8-20/h4-5,10,14,21H,1-3,6-9,11-12H2,(H,18,22). The second-order valence-electron chi connectivity index (χ2n) is 6.18. The number of nitrogens with zero attached hydrogens (tertiary/aromatic N) is 3. The fourth-order valence-corrected chi connectivity index (χ4v) is 3.13. The zero-order valence-electron chi connectivity index (χ0n) is 12.9. The SMILES string of the molecule is O=C(CN1CCC(O)C1)Nc1ccc(N2CCCCC2)nc1.